The van der Waals surface area contributed by atoms with E-state index < -0.39 is 0 Å². The van der Waals surface area contributed by atoms with Crippen LogP contribution < -0.4 is 0 Å². The van der Waals surface area contributed by atoms with E-state index in [2.05, 4.69) is 42.5 Å². The molecular weight excluding hydrogens is 538 g/mol. The van der Waals surface area contributed by atoms with Crippen LogP contribution in [0.5, 0.6) is 0 Å². The van der Waals surface area contributed by atoms with Crippen LogP contribution in [-0.2, 0) is 0 Å². The lowest BCUT2D eigenvalue weighted by Crippen LogP contribution is -2.00. The van der Waals surface area contributed by atoms with Crippen molar-refractivity contribution in [3.8, 4) is 68.6 Å². The highest BCUT2D eigenvalue weighted by Crippen LogP contribution is 2.36. The zero-order valence-electron chi connectivity index (χ0n) is 23.5. The fraction of sp³-hybridized carbons (Fsp3) is 0. The lowest BCUT2D eigenvalue weighted by molar-refractivity contribution is 1.07. The summed E-state index contributed by atoms with van der Waals surface area (Å²) in [5.74, 6) is 1.86. The van der Waals surface area contributed by atoms with Gasteiger partial charge in [-0.1, -0.05) is 121 Å². The van der Waals surface area contributed by atoms with E-state index in [4.69, 9.17) is 15.0 Å². The van der Waals surface area contributed by atoms with Gasteiger partial charge in [-0.2, -0.15) is 10.5 Å². The minimum atomic E-state index is 0.465. The smallest absolute Gasteiger partial charge is 0.164 e. The van der Waals surface area contributed by atoms with Gasteiger partial charge >= 0.3 is 0 Å². The molecule has 0 N–H and O–H groups in total. The summed E-state index contributed by atoms with van der Waals surface area (Å²) in [5, 5.41) is 21.2. The Hall–Kier alpha value is -6.43. The zero-order valence-corrected chi connectivity index (χ0v) is 23.5. The van der Waals surface area contributed by atoms with E-state index in [1.165, 1.54) is 0 Å². The Labute approximate surface area is 255 Å². The van der Waals surface area contributed by atoms with E-state index in [1.54, 1.807) is 6.07 Å². The number of aromatic nitrogens is 3. The summed E-state index contributed by atoms with van der Waals surface area (Å²) in [4.78, 5) is 14.5. The zero-order chi connectivity index (χ0) is 29.9. The van der Waals surface area contributed by atoms with E-state index in [-0.39, 0.29) is 0 Å². The molecule has 0 saturated carbocycles. The SMILES string of the molecule is N#Cc1cc(C#N)cc(-c2cccc3c(-c4ccc(-c5nc(-c6ccccc6)nc(-c6ccccc6)n5)cc4)cccc23)c1. The third-order valence-corrected chi connectivity index (χ3v) is 7.58. The van der Waals surface area contributed by atoms with Crippen molar-refractivity contribution in [1.82, 2.24) is 15.0 Å². The molecule has 1 aromatic heterocycles. The van der Waals surface area contributed by atoms with Crippen LogP contribution in [0, 0.1) is 22.7 Å². The van der Waals surface area contributed by atoms with Crippen LogP contribution in [0.3, 0.4) is 0 Å². The average Bonchev–Trinajstić information content (AvgIpc) is 3.11. The maximum Gasteiger partial charge on any atom is 0.164 e. The van der Waals surface area contributed by atoms with Gasteiger partial charge in [0.05, 0.1) is 23.3 Å². The lowest BCUT2D eigenvalue weighted by Gasteiger charge is -2.13. The van der Waals surface area contributed by atoms with E-state index in [0.717, 1.165) is 49.7 Å². The van der Waals surface area contributed by atoms with Gasteiger partial charge in [0.1, 0.15) is 0 Å². The van der Waals surface area contributed by atoms with Crippen LogP contribution in [-0.4, -0.2) is 15.0 Å². The number of nitrogens with zero attached hydrogens (tertiary/aromatic N) is 5. The van der Waals surface area contributed by atoms with Crippen LogP contribution in [0.1, 0.15) is 11.1 Å². The molecule has 0 bridgehead atoms. The van der Waals surface area contributed by atoms with E-state index in [0.29, 0.717) is 28.6 Å². The first-order chi connectivity index (χ1) is 21.7. The highest BCUT2D eigenvalue weighted by molar-refractivity contribution is 6.04. The Morgan fingerprint density at radius 2 is 0.773 bits per heavy atom. The molecule has 0 radical (unpaired) electrons. The minimum Gasteiger partial charge on any atom is -0.208 e. The van der Waals surface area contributed by atoms with Crippen molar-refractivity contribution >= 4 is 10.8 Å². The van der Waals surface area contributed by atoms with Crippen LogP contribution in [0.4, 0.5) is 0 Å². The number of benzene rings is 6. The predicted molar refractivity (Wildman–Crippen MR) is 174 cm³/mol. The number of hydrogen-bond donors (Lipinski definition) is 0. The molecule has 0 spiro atoms. The molecule has 1 heterocycles. The molecule has 7 aromatic rings. The van der Waals surface area contributed by atoms with Crippen LogP contribution in [0.15, 0.2) is 140 Å². The summed E-state index contributed by atoms with van der Waals surface area (Å²) in [7, 11) is 0. The third-order valence-electron chi connectivity index (χ3n) is 7.58. The number of fused-ring (bicyclic) bond motifs is 1. The molecule has 0 aliphatic rings. The monoisotopic (exact) mass is 561 g/mol. The fourth-order valence-electron chi connectivity index (χ4n) is 5.46. The van der Waals surface area contributed by atoms with E-state index >= 15 is 0 Å². The third kappa shape index (κ3) is 5.07. The normalized spacial score (nSPS) is 10.7. The molecule has 44 heavy (non-hydrogen) atoms. The van der Waals surface area contributed by atoms with E-state index in [1.807, 2.05) is 103 Å². The molecule has 0 fully saturated rings. The maximum absolute atomic E-state index is 9.51. The number of nitriles is 2. The van der Waals surface area contributed by atoms with Crippen molar-refractivity contribution < 1.29 is 0 Å². The van der Waals surface area contributed by atoms with Crippen LogP contribution in [0.25, 0.3) is 67.2 Å². The largest absolute Gasteiger partial charge is 0.208 e. The van der Waals surface area contributed by atoms with Crippen molar-refractivity contribution in [2.45, 2.75) is 0 Å². The van der Waals surface area contributed by atoms with Gasteiger partial charge in [-0.25, -0.2) is 15.0 Å². The summed E-state index contributed by atoms with van der Waals surface area (Å²) >= 11 is 0. The predicted octanol–water partition coefficient (Wildman–Crippen LogP) is 9.10. The summed E-state index contributed by atoms with van der Waals surface area (Å²) in [5.41, 5.74) is 7.64. The quantitative estimate of drug-likeness (QED) is 0.209. The first kappa shape index (κ1) is 26.5. The van der Waals surface area contributed by atoms with Crippen LogP contribution in [0.2, 0.25) is 0 Å². The Bertz CT molecular complexity index is 2140. The molecule has 204 valence electrons. The second kappa shape index (κ2) is 11.4. The van der Waals surface area contributed by atoms with Crippen molar-refractivity contribution in [2.75, 3.05) is 0 Å². The van der Waals surface area contributed by atoms with Crippen molar-refractivity contribution in [3.05, 3.63) is 151 Å². The molecule has 0 amide bonds. The van der Waals surface area contributed by atoms with Gasteiger partial charge in [0.25, 0.3) is 0 Å². The second-order valence-electron chi connectivity index (χ2n) is 10.3. The van der Waals surface area contributed by atoms with Crippen molar-refractivity contribution in [3.63, 3.8) is 0 Å². The first-order valence-electron chi connectivity index (χ1n) is 14.2. The average molecular weight is 562 g/mol. The van der Waals surface area contributed by atoms with E-state index in [9.17, 15) is 10.5 Å². The molecule has 0 aliphatic carbocycles. The molecule has 6 aromatic carbocycles. The summed E-state index contributed by atoms with van der Waals surface area (Å²) < 4.78 is 0. The molecule has 0 aliphatic heterocycles. The second-order valence-corrected chi connectivity index (χ2v) is 10.3. The lowest BCUT2D eigenvalue weighted by atomic mass is 9.91. The highest BCUT2D eigenvalue weighted by Gasteiger charge is 2.14. The number of hydrogen-bond acceptors (Lipinski definition) is 5. The summed E-state index contributed by atoms with van der Waals surface area (Å²) in [6.07, 6.45) is 0. The highest BCUT2D eigenvalue weighted by atomic mass is 15.0. The topological polar surface area (TPSA) is 86.2 Å². The van der Waals surface area contributed by atoms with Gasteiger partial charge < -0.3 is 0 Å². The van der Waals surface area contributed by atoms with Gasteiger partial charge in [0.15, 0.2) is 17.5 Å². The van der Waals surface area contributed by atoms with Crippen LogP contribution >= 0.6 is 0 Å². The van der Waals surface area contributed by atoms with Gasteiger partial charge in [-0.15, -0.1) is 0 Å². The Balaban J connectivity index is 1.31. The fourth-order valence-corrected chi connectivity index (χ4v) is 5.46. The Kier molecular flexibility index (Phi) is 6.89. The molecule has 0 atom stereocenters. The summed E-state index contributed by atoms with van der Waals surface area (Å²) in [6, 6.07) is 50.2. The standard InChI is InChI=1S/C39H23N5/c40-24-26-21-27(25-41)23-32(22-26)34-14-8-15-35-33(13-7-16-36(34)35)28-17-19-31(20-18-28)39-43-37(29-9-3-1-4-10-29)42-38(44-39)30-11-5-2-6-12-30/h1-23H. The number of rotatable bonds is 5. The van der Waals surface area contributed by atoms with Gasteiger partial charge in [-0.05, 0) is 51.2 Å². The molecule has 0 saturated heterocycles. The van der Waals surface area contributed by atoms with Crippen molar-refractivity contribution in [2.24, 2.45) is 0 Å². The van der Waals surface area contributed by atoms with Gasteiger partial charge in [0.2, 0.25) is 0 Å². The van der Waals surface area contributed by atoms with Crippen molar-refractivity contribution in [1.29, 1.82) is 10.5 Å². The molecular formula is C39H23N5. The van der Waals surface area contributed by atoms with Gasteiger partial charge in [-0.3, -0.25) is 0 Å². The molecule has 5 heteroatoms. The first-order valence-corrected chi connectivity index (χ1v) is 14.2. The Morgan fingerprint density at radius 3 is 1.23 bits per heavy atom. The van der Waals surface area contributed by atoms with Gasteiger partial charge in [0, 0.05) is 16.7 Å². The maximum atomic E-state index is 9.51. The molecule has 7 rings (SSSR count). The minimum absolute atomic E-state index is 0.465. The Morgan fingerprint density at radius 1 is 0.364 bits per heavy atom. The summed E-state index contributed by atoms with van der Waals surface area (Å²) in [6.45, 7) is 0. The molecule has 5 nitrogen and oxygen atoms in total. The molecule has 0 unspecified atom stereocenters.